The Morgan fingerprint density at radius 1 is 1.60 bits per heavy atom. The highest BCUT2D eigenvalue weighted by atomic mass is 32.2. The van der Waals surface area contributed by atoms with E-state index < -0.39 is 10.0 Å². The first-order chi connectivity index (χ1) is 6.98. The van der Waals surface area contributed by atoms with Gasteiger partial charge in [0, 0.05) is 12.6 Å². The summed E-state index contributed by atoms with van der Waals surface area (Å²) in [6, 6.07) is 0.510. The van der Waals surface area contributed by atoms with Crippen LogP contribution in [0.5, 0.6) is 0 Å². The molecule has 1 aliphatic rings. The van der Waals surface area contributed by atoms with E-state index in [2.05, 4.69) is 15.5 Å². The lowest BCUT2D eigenvalue weighted by molar-refractivity contribution is 0.593. The van der Waals surface area contributed by atoms with Gasteiger partial charge in [0.1, 0.15) is 4.90 Å². The normalized spacial score (nSPS) is 16.9. The summed E-state index contributed by atoms with van der Waals surface area (Å²) in [4.78, 5) is 0.121. The summed E-state index contributed by atoms with van der Waals surface area (Å²) in [7, 11) is -3.68. The molecule has 1 heterocycles. The SMILES string of the molecule is Cc1[nH]nc(CNC2CC2)c1S(N)(=O)=O. The zero-order chi connectivity index (χ0) is 11.1. The molecule has 0 aliphatic heterocycles. The molecule has 4 N–H and O–H groups in total. The van der Waals surface area contributed by atoms with Gasteiger partial charge in [0.25, 0.3) is 0 Å². The Hall–Kier alpha value is -0.920. The molecule has 15 heavy (non-hydrogen) atoms. The third kappa shape index (κ3) is 2.36. The number of aryl methyl sites for hydroxylation is 1. The van der Waals surface area contributed by atoms with Gasteiger partial charge in [-0.3, -0.25) is 5.10 Å². The van der Waals surface area contributed by atoms with Gasteiger partial charge in [0.15, 0.2) is 0 Å². The van der Waals surface area contributed by atoms with Gasteiger partial charge in [-0.1, -0.05) is 0 Å². The molecule has 1 aromatic rings. The number of hydrogen-bond donors (Lipinski definition) is 3. The van der Waals surface area contributed by atoms with Crippen molar-refractivity contribution >= 4 is 10.0 Å². The van der Waals surface area contributed by atoms with Crippen molar-refractivity contribution in [2.75, 3.05) is 0 Å². The fourth-order valence-corrected chi connectivity index (χ4v) is 2.41. The molecule has 0 radical (unpaired) electrons. The number of H-pyrrole nitrogens is 1. The van der Waals surface area contributed by atoms with Crippen molar-refractivity contribution in [1.29, 1.82) is 0 Å². The number of rotatable bonds is 4. The largest absolute Gasteiger partial charge is 0.308 e. The second-order valence-corrected chi connectivity index (χ2v) is 5.32. The fourth-order valence-electron chi connectivity index (χ4n) is 1.50. The topological polar surface area (TPSA) is 101 Å². The van der Waals surface area contributed by atoms with Crippen molar-refractivity contribution in [1.82, 2.24) is 15.5 Å². The van der Waals surface area contributed by atoms with Gasteiger partial charge in [0.05, 0.1) is 11.4 Å². The minimum atomic E-state index is -3.68. The molecule has 2 rings (SSSR count). The summed E-state index contributed by atoms with van der Waals surface area (Å²) < 4.78 is 22.6. The van der Waals surface area contributed by atoms with E-state index in [9.17, 15) is 8.42 Å². The van der Waals surface area contributed by atoms with Gasteiger partial charge < -0.3 is 5.32 Å². The second kappa shape index (κ2) is 3.58. The molecular formula is C8H14N4O2S. The predicted molar refractivity (Wildman–Crippen MR) is 54.6 cm³/mol. The monoisotopic (exact) mass is 230 g/mol. The molecular weight excluding hydrogens is 216 g/mol. The molecule has 1 fully saturated rings. The molecule has 0 aromatic carbocycles. The van der Waals surface area contributed by atoms with Gasteiger partial charge in [0.2, 0.25) is 10.0 Å². The van der Waals surface area contributed by atoms with Gasteiger partial charge in [-0.2, -0.15) is 5.10 Å². The standard InChI is InChI=1S/C8H14N4O2S/c1-5-8(15(9,13)14)7(12-11-5)4-10-6-2-3-6/h6,10H,2-4H2,1H3,(H,11,12)(H2,9,13,14). The Labute approximate surface area is 88.3 Å². The summed E-state index contributed by atoms with van der Waals surface area (Å²) in [5.74, 6) is 0. The average Bonchev–Trinajstić information content (AvgIpc) is 2.85. The second-order valence-electron chi connectivity index (χ2n) is 3.82. The van der Waals surface area contributed by atoms with Gasteiger partial charge >= 0.3 is 0 Å². The van der Waals surface area contributed by atoms with Crippen LogP contribution in [0.15, 0.2) is 4.90 Å². The maximum absolute atomic E-state index is 11.3. The predicted octanol–water partition coefficient (Wildman–Crippen LogP) is -0.382. The van der Waals surface area contributed by atoms with Crippen molar-refractivity contribution in [2.24, 2.45) is 5.14 Å². The molecule has 0 amide bonds. The van der Waals surface area contributed by atoms with Crippen molar-refractivity contribution in [2.45, 2.75) is 37.2 Å². The van der Waals surface area contributed by atoms with E-state index in [1.807, 2.05) is 0 Å². The first-order valence-corrected chi connectivity index (χ1v) is 6.33. The van der Waals surface area contributed by atoms with Gasteiger partial charge in [-0.25, -0.2) is 13.6 Å². The van der Waals surface area contributed by atoms with E-state index in [1.165, 1.54) is 0 Å². The molecule has 0 spiro atoms. The molecule has 0 saturated heterocycles. The quantitative estimate of drug-likeness (QED) is 0.656. The Kier molecular flexibility index (Phi) is 2.53. The van der Waals surface area contributed by atoms with Gasteiger partial charge in [-0.15, -0.1) is 0 Å². The van der Waals surface area contributed by atoms with E-state index in [0.717, 1.165) is 12.8 Å². The van der Waals surface area contributed by atoms with Crippen LogP contribution >= 0.6 is 0 Å². The van der Waals surface area contributed by atoms with Crippen molar-refractivity contribution in [3.8, 4) is 0 Å². The van der Waals surface area contributed by atoms with Crippen molar-refractivity contribution in [3.63, 3.8) is 0 Å². The molecule has 0 bridgehead atoms. The first-order valence-electron chi connectivity index (χ1n) is 4.78. The van der Waals surface area contributed by atoms with E-state index in [4.69, 9.17) is 5.14 Å². The van der Waals surface area contributed by atoms with Crippen LogP contribution in [0.4, 0.5) is 0 Å². The zero-order valence-corrected chi connectivity index (χ0v) is 9.26. The number of nitrogens with zero attached hydrogens (tertiary/aromatic N) is 1. The summed E-state index contributed by atoms with van der Waals surface area (Å²) in [6.07, 6.45) is 2.29. The lowest BCUT2D eigenvalue weighted by atomic mass is 10.3. The Balaban J connectivity index is 2.22. The van der Waals surface area contributed by atoms with Gasteiger partial charge in [-0.05, 0) is 19.8 Å². The number of sulfonamides is 1. The van der Waals surface area contributed by atoms with E-state index in [0.29, 0.717) is 24.0 Å². The third-order valence-electron chi connectivity index (χ3n) is 2.38. The Bertz CT molecular complexity index is 461. The highest BCUT2D eigenvalue weighted by Crippen LogP contribution is 2.21. The number of primary sulfonamides is 1. The van der Waals surface area contributed by atoms with Crippen LogP contribution in [0.2, 0.25) is 0 Å². The van der Waals surface area contributed by atoms with E-state index in [-0.39, 0.29) is 4.90 Å². The number of hydrogen-bond acceptors (Lipinski definition) is 4. The smallest absolute Gasteiger partial charge is 0.241 e. The molecule has 0 atom stereocenters. The first kappa shape index (κ1) is 10.6. The third-order valence-corrected chi connectivity index (χ3v) is 3.49. The molecule has 7 heteroatoms. The van der Waals surface area contributed by atoms with E-state index in [1.54, 1.807) is 6.92 Å². The zero-order valence-electron chi connectivity index (χ0n) is 8.45. The molecule has 1 saturated carbocycles. The summed E-state index contributed by atoms with van der Waals surface area (Å²) in [6.45, 7) is 2.09. The number of aromatic amines is 1. The lowest BCUT2D eigenvalue weighted by Crippen LogP contribution is -2.20. The van der Waals surface area contributed by atoms with Crippen LogP contribution < -0.4 is 10.5 Å². The molecule has 1 aromatic heterocycles. The maximum atomic E-state index is 11.3. The van der Waals surface area contributed by atoms with Crippen LogP contribution in [-0.4, -0.2) is 24.7 Å². The molecule has 6 nitrogen and oxygen atoms in total. The Morgan fingerprint density at radius 3 is 2.80 bits per heavy atom. The van der Waals surface area contributed by atoms with Crippen molar-refractivity contribution in [3.05, 3.63) is 11.4 Å². The fraction of sp³-hybridized carbons (Fsp3) is 0.625. The van der Waals surface area contributed by atoms with E-state index >= 15 is 0 Å². The van der Waals surface area contributed by atoms with Crippen LogP contribution in [0.25, 0.3) is 0 Å². The highest BCUT2D eigenvalue weighted by Gasteiger charge is 2.24. The van der Waals surface area contributed by atoms with Crippen LogP contribution in [0, 0.1) is 6.92 Å². The highest BCUT2D eigenvalue weighted by molar-refractivity contribution is 7.89. The molecule has 1 aliphatic carbocycles. The molecule has 84 valence electrons. The minimum absolute atomic E-state index is 0.121. The number of nitrogens with two attached hydrogens (primary N) is 1. The van der Waals surface area contributed by atoms with Crippen LogP contribution in [-0.2, 0) is 16.6 Å². The average molecular weight is 230 g/mol. The summed E-state index contributed by atoms with van der Waals surface area (Å²) in [5.41, 5.74) is 0.965. The van der Waals surface area contributed by atoms with Crippen LogP contribution in [0.1, 0.15) is 24.2 Å². The number of nitrogens with one attached hydrogen (secondary N) is 2. The summed E-state index contributed by atoms with van der Waals surface area (Å²) >= 11 is 0. The summed E-state index contributed by atoms with van der Waals surface area (Å²) in [5, 5.41) is 14.9. The Morgan fingerprint density at radius 2 is 2.27 bits per heavy atom. The lowest BCUT2D eigenvalue weighted by Gasteiger charge is -2.02. The maximum Gasteiger partial charge on any atom is 0.241 e. The molecule has 0 unspecified atom stereocenters. The van der Waals surface area contributed by atoms with Crippen LogP contribution in [0.3, 0.4) is 0 Å². The number of aromatic nitrogens is 2. The van der Waals surface area contributed by atoms with Crippen molar-refractivity contribution < 1.29 is 8.42 Å². The minimum Gasteiger partial charge on any atom is -0.308 e.